The van der Waals surface area contributed by atoms with Gasteiger partial charge in [0.05, 0.1) is 17.3 Å². The van der Waals surface area contributed by atoms with Gasteiger partial charge in [0.25, 0.3) is 0 Å². The van der Waals surface area contributed by atoms with Gasteiger partial charge in [-0.3, -0.25) is 0 Å². The summed E-state index contributed by atoms with van der Waals surface area (Å²) >= 11 is 7.62. The fraction of sp³-hybridized carbons (Fsp3) is 0.0667. The lowest BCUT2D eigenvalue weighted by Crippen LogP contribution is -1.80. The number of aromatic nitrogens is 2. The number of ether oxygens (including phenoxy) is 1. The molecule has 0 unspecified atom stereocenters. The first kappa shape index (κ1) is 13.1. The number of methoxy groups -OCH3 is 1. The summed E-state index contributed by atoms with van der Waals surface area (Å²) in [6, 6.07) is 9.63. The summed E-state index contributed by atoms with van der Waals surface area (Å²) in [4.78, 5) is 8.58. The highest BCUT2D eigenvalue weighted by molar-refractivity contribution is 7.19. The zero-order chi connectivity index (χ0) is 13.9. The van der Waals surface area contributed by atoms with Crippen molar-refractivity contribution in [2.24, 2.45) is 0 Å². The van der Waals surface area contributed by atoms with Crippen LogP contribution in [0.3, 0.4) is 0 Å². The van der Waals surface area contributed by atoms with Gasteiger partial charge in [0, 0.05) is 11.8 Å². The number of fused-ring (bicyclic) bond motifs is 1. The summed E-state index contributed by atoms with van der Waals surface area (Å²) in [5.41, 5.74) is 1.85. The van der Waals surface area contributed by atoms with Crippen molar-refractivity contribution in [1.82, 2.24) is 9.97 Å². The van der Waals surface area contributed by atoms with Crippen LogP contribution >= 0.6 is 22.9 Å². The van der Waals surface area contributed by atoms with Gasteiger partial charge in [-0.05, 0) is 36.4 Å². The van der Waals surface area contributed by atoms with E-state index in [1.807, 2.05) is 42.5 Å². The third-order valence-electron chi connectivity index (χ3n) is 2.81. The molecule has 0 saturated carbocycles. The molecule has 0 spiro atoms. The fourth-order valence-electron chi connectivity index (χ4n) is 1.80. The molecule has 0 aliphatic rings. The molecular weight excluding hydrogens is 292 g/mol. The van der Waals surface area contributed by atoms with Crippen LogP contribution in [0.4, 0.5) is 0 Å². The molecule has 0 saturated heterocycles. The second kappa shape index (κ2) is 5.61. The highest BCUT2D eigenvalue weighted by atomic mass is 35.5. The molecule has 0 bridgehead atoms. The number of hydrogen-bond donors (Lipinski definition) is 0. The monoisotopic (exact) mass is 302 g/mol. The van der Waals surface area contributed by atoms with Crippen molar-refractivity contribution in [3.8, 4) is 5.75 Å². The molecular formula is C15H11ClN2OS. The van der Waals surface area contributed by atoms with E-state index in [1.54, 1.807) is 24.6 Å². The Kier molecular flexibility index (Phi) is 3.67. The predicted molar refractivity (Wildman–Crippen MR) is 84.3 cm³/mol. The maximum Gasteiger partial charge on any atom is 0.136 e. The van der Waals surface area contributed by atoms with Gasteiger partial charge in [0.1, 0.15) is 15.9 Å². The minimum atomic E-state index is 0.492. The number of pyridine rings is 1. The van der Waals surface area contributed by atoms with E-state index >= 15 is 0 Å². The molecule has 2 heterocycles. The molecule has 2 aromatic heterocycles. The smallest absolute Gasteiger partial charge is 0.136 e. The van der Waals surface area contributed by atoms with Gasteiger partial charge in [-0.1, -0.05) is 17.7 Å². The molecule has 0 fully saturated rings. The maximum atomic E-state index is 6.01. The van der Waals surface area contributed by atoms with E-state index in [1.165, 1.54) is 0 Å². The van der Waals surface area contributed by atoms with Crippen molar-refractivity contribution >= 4 is 45.3 Å². The zero-order valence-corrected chi connectivity index (χ0v) is 12.3. The van der Waals surface area contributed by atoms with Crippen molar-refractivity contribution in [3.05, 3.63) is 52.3 Å². The third-order valence-corrected chi connectivity index (χ3v) is 4.10. The van der Waals surface area contributed by atoms with E-state index in [0.717, 1.165) is 26.5 Å². The van der Waals surface area contributed by atoms with Crippen molar-refractivity contribution < 1.29 is 4.74 Å². The predicted octanol–water partition coefficient (Wildman–Crippen LogP) is 4.52. The summed E-state index contributed by atoms with van der Waals surface area (Å²) in [7, 11) is 1.66. The molecule has 100 valence electrons. The van der Waals surface area contributed by atoms with Crippen molar-refractivity contribution in [2.75, 3.05) is 7.11 Å². The molecule has 0 N–H and O–H groups in total. The molecule has 20 heavy (non-hydrogen) atoms. The molecule has 0 radical (unpaired) electrons. The van der Waals surface area contributed by atoms with E-state index in [0.29, 0.717) is 5.15 Å². The normalized spacial score (nSPS) is 11.3. The van der Waals surface area contributed by atoms with Crippen molar-refractivity contribution in [1.29, 1.82) is 0 Å². The van der Waals surface area contributed by atoms with Crippen LogP contribution in [0.2, 0.25) is 5.15 Å². The highest BCUT2D eigenvalue weighted by Gasteiger charge is 2.03. The van der Waals surface area contributed by atoms with Crippen molar-refractivity contribution in [3.63, 3.8) is 0 Å². The molecule has 3 nitrogen and oxygen atoms in total. The van der Waals surface area contributed by atoms with Gasteiger partial charge in [-0.2, -0.15) is 0 Å². The standard InChI is InChI=1S/C15H11ClN2OS/c1-19-11-5-6-12-13(9-11)20-14(18-12)7-4-10-3-2-8-17-15(10)16/h2-9H,1H3/b7-4+. The summed E-state index contributed by atoms with van der Waals surface area (Å²) in [6.45, 7) is 0. The van der Waals surface area contributed by atoms with E-state index in [2.05, 4.69) is 9.97 Å². The summed E-state index contributed by atoms with van der Waals surface area (Å²) in [6.07, 6.45) is 5.54. The zero-order valence-electron chi connectivity index (χ0n) is 10.7. The largest absolute Gasteiger partial charge is 0.497 e. The summed E-state index contributed by atoms with van der Waals surface area (Å²) < 4.78 is 6.31. The minimum absolute atomic E-state index is 0.492. The average Bonchev–Trinajstić information content (AvgIpc) is 2.88. The Morgan fingerprint density at radius 1 is 1.25 bits per heavy atom. The Hall–Kier alpha value is -1.91. The Morgan fingerprint density at radius 2 is 2.15 bits per heavy atom. The minimum Gasteiger partial charge on any atom is -0.497 e. The molecule has 5 heteroatoms. The fourth-order valence-corrected chi connectivity index (χ4v) is 2.89. The second-order valence-electron chi connectivity index (χ2n) is 4.10. The Bertz CT molecular complexity index is 782. The number of hydrogen-bond acceptors (Lipinski definition) is 4. The topological polar surface area (TPSA) is 35.0 Å². The first-order valence-corrected chi connectivity index (χ1v) is 7.19. The Labute approximate surface area is 125 Å². The highest BCUT2D eigenvalue weighted by Crippen LogP contribution is 2.27. The number of nitrogens with zero attached hydrogens (tertiary/aromatic N) is 2. The first-order valence-electron chi connectivity index (χ1n) is 5.99. The van der Waals surface area contributed by atoms with E-state index in [-0.39, 0.29) is 0 Å². The Morgan fingerprint density at radius 3 is 2.95 bits per heavy atom. The molecule has 3 rings (SSSR count). The quantitative estimate of drug-likeness (QED) is 0.667. The lowest BCUT2D eigenvalue weighted by molar-refractivity contribution is 0.415. The summed E-state index contributed by atoms with van der Waals surface area (Å²) in [5, 5.41) is 1.42. The number of rotatable bonds is 3. The van der Waals surface area contributed by atoms with Crippen LogP contribution in [0.15, 0.2) is 36.5 Å². The third kappa shape index (κ3) is 2.66. The molecule has 0 aliphatic heterocycles. The number of benzene rings is 1. The molecule has 0 amide bonds. The van der Waals surface area contributed by atoms with Crippen LogP contribution in [0.25, 0.3) is 22.4 Å². The van der Waals surface area contributed by atoms with Gasteiger partial charge in [0.2, 0.25) is 0 Å². The van der Waals surface area contributed by atoms with Crippen LogP contribution in [0.1, 0.15) is 10.6 Å². The van der Waals surface area contributed by atoms with Crippen LogP contribution in [-0.2, 0) is 0 Å². The van der Waals surface area contributed by atoms with E-state index in [4.69, 9.17) is 16.3 Å². The average molecular weight is 303 g/mol. The molecule has 0 aliphatic carbocycles. The SMILES string of the molecule is COc1ccc2nc(/C=C/c3cccnc3Cl)sc2c1. The van der Waals surface area contributed by atoms with Gasteiger partial charge in [-0.25, -0.2) is 9.97 Å². The van der Waals surface area contributed by atoms with E-state index < -0.39 is 0 Å². The van der Waals surface area contributed by atoms with Gasteiger partial charge in [0.15, 0.2) is 0 Å². The molecule has 1 aromatic carbocycles. The maximum absolute atomic E-state index is 6.01. The van der Waals surface area contributed by atoms with Crippen LogP contribution in [0, 0.1) is 0 Å². The molecule has 3 aromatic rings. The van der Waals surface area contributed by atoms with Gasteiger partial charge in [-0.15, -0.1) is 11.3 Å². The van der Waals surface area contributed by atoms with Gasteiger partial charge < -0.3 is 4.74 Å². The summed E-state index contributed by atoms with van der Waals surface area (Å²) in [5.74, 6) is 0.840. The lowest BCUT2D eigenvalue weighted by Gasteiger charge is -1.96. The van der Waals surface area contributed by atoms with Gasteiger partial charge >= 0.3 is 0 Å². The number of thiazole rings is 1. The second-order valence-corrected chi connectivity index (χ2v) is 5.52. The van der Waals surface area contributed by atoms with E-state index in [9.17, 15) is 0 Å². The molecule has 0 atom stereocenters. The number of halogens is 1. The first-order chi connectivity index (χ1) is 9.76. The van der Waals surface area contributed by atoms with Crippen LogP contribution < -0.4 is 4.74 Å². The van der Waals surface area contributed by atoms with Crippen LogP contribution in [0.5, 0.6) is 5.75 Å². The van der Waals surface area contributed by atoms with Crippen LogP contribution in [-0.4, -0.2) is 17.1 Å². The van der Waals surface area contributed by atoms with Crippen molar-refractivity contribution in [2.45, 2.75) is 0 Å². The lowest BCUT2D eigenvalue weighted by atomic mass is 10.2. The Balaban J connectivity index is 1.93.